The number of aromatic nitrogens is 2. The predicted molar refractivity (Wildman–Crippen MR) is 99.0 cm³/mol. The molecule has 0 saturated heterocycles. The molecule has 0 aliphatic heterocycles. The van der Waals surface area contributed by atoms with Gasteiger partial charge >= 0.3 is 0 Å². The van der Waals surface area contributed by atoms with Crippen LogP contribution in [0.15, 0.2) is 24.3 Å². The molecule has 4 heteroatoms. The van der Waals surface area contributed by atoms with E-state index < -0.39 is 0 Å². The molecule has 0 unspecified atom stereocenters. The Kier molecular flexibility index (Phi) is 5.10. The molecule has 0 atom stereocenters. The quantitative estimate of drug-likeness (QED) is 0.794. The lowest BCUT2D eigenvalue weighted by Gasteiger charge is -2.13. The molecule has 0 N–H and O–H groups in total. The smallest absolute Gasteiger partial charge is 0.117 e. The van der Waals surface area contributed by atoms with Crippen LogP contribution in [0.4, 0.5) is 11.4 Å². The Morgan fingerprint density at radius 1 is 0.667 bits per heavy atom. The van der Waals surface area contributed by atoms with Gasteiger partial charge in [0.25, 0.3) is 0 Å². The molecule has 0 radical (unpaired) electrons. The summed E-state index contributed by atoms with van der Waals surface area (Å²) in [6.07, 6.45) is 10.9. The summed E-state index contributed by atoms with van der Waals surface area (Å²) in [7, 11) is 7.75. The molecule has 2 heterocycles. The summed E-state index contributed by atoms with van der Waals surface area (Å²) in [4.78, 5) is 12.6. The molecule has 0 amide bonds. The van der Waals surface area contributed by atoms with Gasteiger partial charge in [-0.05, 0) is 36.1 Å². The van der Waals surface area contributed by atoms with Crippen LogP contribution in [0.2, 0.25) is 0 Å². The van der Waals surface area contributed by atoms with Crippen LogP contribution >= 0.6 is 0 Å². The summed E-state index contributed by atoms with van der Waals surface area (Å²) in [6, 6.07) is 7.44. The maximum Gasteiger partial charge on any atom is 0.117 e. The Hall–Kier alpha value is -3.42. The minimum atomic E-state index is 0.546. The predicted octanol–water partition coefficient (Wildman–Crippen LogP) is 1.97. The number of terminal acetylenes is 2. The maximum absolute atomic E-state index is 5.47. The molecule has 4 nitrogen and oxygen atoms in total. The van der Waals surface area contributed by atoms with Crippen LogP contribution in [0.25, 0.3) is 0 Å². The molecule has 2 aromatic heterocycles. The average molecular weight is 314 g/mol. The van der Waals surface area contributed by atoms with Crippen molar-refractivity contribution < 1.29 is 0 Å². The minimum Gasteiger partial charge on any atom is -0.377 e. The van der Waals surface area contributed by atoms with Crippen molar-refractivity contribution in [3.8, 4) is 36.5 Å². The van der Waals surface area contributed by atoms with Crippen LogP contribution in [0.3, 0.4) is 0 Å². The van der Waals surface area contributed by atoms with Crippen LogP contribution in [0, 0.1) is 36.5 Å². The van der Waals surface area contributed by atoms with Crippen molar-refractivity contribution in [2.45, 2.75) is 0 Å². The Morgan fingerprint density at radius 2 is 1.00 bits per heavy atom. The highest BCUT2D eigenvalue weighted by molar-refractivity contribution is 5.56. The molecule has 0 aliphatic rings. The second-order valence-corrected chi connectivity index (χ2v) is 5.52. The van der Waals surface area contributed by atoms with Gasteiger partial charge in [-0.1, -0.05) is 11.8 Å². The van der Waals surface area contributed by atoms with E-state index in [0.717, 1.165) is 11.4 Å². The van der Waals surface area contributed by atoms with Gasteiger partial charge in [-0.2, -0.15) is 0 Å². The van der Waals surface area contributed by atoms with Gasteiger partial charge in [0.05, 0.1) is 0 Å². The lowest BCUT2D eigenvalue weighted by Crippen LogP contribution is -2.10. The van der Waals surface area contributed by atoms with Gasteiger partial charge in [0, 0.05) is 39.6 Å². The van der Waals surface area contributed by atoms with Crippen molar-refractivity contribution in [3.05, 3.63) is 47.0 Å². The van der Waals surface area contributed by atoms with Crippen LogP contribution in [-0.4, -0.2) is 38.2 Å². The van der Waals surface area contributed by atoms with Crippen LogP contribution < -0.4 is 9.80 Å². The Balaban J connectivity index is 2.47. The summed E-state index contributed by atoms with van der Waals surface area (Å²) in [5.74, 6) is 11.1. The third-order valence-electron chi connectivity index (χ3n) is 3.27. The first-order valence-corrected chi connectivity index (χ1v) is 7.27. The normalized spacial score (nSPS) is 9.25. The maximum atomic E-state index is 5.47. The Bertz CT molecular complexity index is 826. The van der Waals surface area contributed by atoms with Crippen molar-refractivity contribution >= 4 is 11.4 Å². The van der Waals surface area contributed by atoms with Crippen molar-refractivity contribution in [3.63, 3.8) is 0 Å². The van der Waals surface area contributed by atoms with Crippen LogP contribution in [0.1, 0.15) is 22.8 Å². The van der Waals surface area contributed by atoms with E-state index in [1.165, 1.54) is 0 Å². The first-order chi connectivity index (χ1) is 11.4. The highest BCUT2D eigenvalue weighted by Crippen LogP contribution is 2.15. The van der Waals surface area contributed by atoms with Crippen molar-refractivity contribution in [2.75, 3.05) is 38.0 Å². The SMILES string of the molecule is C#Cc1cc(N(C)C)cc(C#Cc2cc(N(C)C)cc(C#C)n2)n1. The number of hydrogen-bond acceptors (Lipinski definition) is 4. The fourth-order valence-electron chi connectivity index (χ4n) is 1.95. The topological polar surface area (TPSA) is 32.3 Å². The van der Waals surface area contributed by atoms with E-state index in [2.05, 4.69) is 33.6 Å². The second kappa shape index (κ2) is 7.23. The lowest BCUT2D eigenvalue weighted by atomic mass is 10.2. The van der Waals surface area contributed by atoms with E-state index in [0.29, 0.717) is 22.8 Å². The van der Waals surface area contributed by atoms with Gasteiger partial charge in [0.2, 0.25) is 0 Å². The van der Waals surface area contributed by atoms with Gasteiger partial charge < -0.3 is 9.80 Å². The molecule has 0 spiro atoms. The van der Waals surface area contributed by atoms with Gasteiger partial charge in [-0.25, -0.2) is 9.97 Å². The number of hydrogen-bond donors (Lipinski definition) is 0. The molecule has 0 saturated carbocycles. The Morgan fingerprint density at radius 3 is 1.29 bits per heavy atom. The summed E-state index contributed by atoms with van der Waals surface area (Å²) in [5.41, 5.74) is 4.17. The van der Waals surface area contributed by atoms with Gasteiger partial charge in [0.1, 0.15) is 22.8 Å². The van der Waals surface area contributed by atoms with E-state index in [-0.39, 0.29) is 0 Å². The van der Waals surface area contributed by atoms with E-state index in [4.69, 9.17) is 12.8 Å². The fraction of sp³-hybridized carbons (Fsp3) is 0.200. The van der Waals surface area contributed by atoms with Crippen LogP contribution in [0.5, 0.6) is 0 Å². The summed E-state index contributed by atoms with van der Waals surface area (Å²) in [5, 5.41) is 0. The first-order valence-electron chi connectivity index (χ1n) is 7.27. The average Bonchev–Trinajstić information content (AvgIpc) is 2.59. The molecule has 2 aromatic rings. The molecule has 118 valence electrons. The highest BCUT2D eigenvalue weighted by Gasteiger charge is 2.03. The molecule has 0 aliphatic carbocycles. The summed E-state index contributed by atoms with van der Waals surface area (Å²) < 4.78 is 0. The zero-order valence-electron chi connectivity index (χ0n) is 14.3. The van der Waals surface area contributed by atoms with E-state index in [1.54, 1.807) is 0 Å². The molecular weight excluding hydrogens is 296 g/mol. The zero-order chi connectivity index (χ0) is 17.7. The van der Waals surface area contributed by atoms with Gasteiger partial charge in [-0.3, -0.25) is 0 Å². The Labute approximate surface area is 143 Å². The third-order valence-corrected chi connectivity index (χ3v) is 3.27. The van der Waals surface area contributed by atoms with E-state index in [1.807, 2.05) is 62.3 Å². The first kappa shape index (κ1) is 16.9. The van der Waals surface area contributed by atoms with E-state index in [9.17, 15) is 0 Å². The minimum absolute atomic E-state index is 0.546. The zero-order valence-corrected chi connectivity index (χ0v) is 14.3. The van der Waals surface area contributed by atoms with Gasteiger partial charge in [0.15, 0.2) is 0 Å². The highest BCUT2D eigenvalue weighted by atomic mass is 15.1. The second-order valence-electron chi connectivity index (χ2n) is 5.52. The monoisotopic (exact) mass is 314 g/mol. The number of nitrogens with zero attached hydrogens (tertiary/aromatic N) is 4. The van der Waals surface area contributed by atoms with E-state index >= 15 is 0 Å². The summed E-state index contributed by atoms with van der Waals surface area (Å²) >= 11 is 0. The number of rotatable bonds is 2. The molecule has 0 aromatic carbocycles. The van der Waals surface area contributed by atoms with Gasteiger partial charge in [-0.15, -0.1) is 12.8 Å². The molecule has 0 bridgehead atoms. The summed E-state index contributed by atoms with van der Waals surface area (Å²) in [6.45, 7) is 0. The van der Waals surface area contributed by atoms with Crippen molar-refractivity contribution in [1.29, 1.82) is 0 Å². The standard InChI is InChI=1S/C20H18N4/c1-7-15-11-19(23(3)4)13-17(21-15)9-10-18-14-20(24(5)6)12-16(8-2)22-18/h1-2,11-14H,3-6H3. The molecule has 0 fully saturated rings. The third kappa shape index (κ3) is 4.07. The van der Waals surface area contributed by atoms with Crippen LogP contribution in [-0.2, 0) is 0 Å². The van der Waals surface area contributed by atoms with Crippen molar-refractivity contribution in [1.82, 2.24) is 9.97 Å². The fourth-order valence-corrected chi connectivity index (χ4v) is 1.95. The molecule has 24 heavy (non-hydrogen) atoms. The van der Waals surface area contributed by atoms with Crippen molar-refractivity contribution in [2.24, 2.45) is 0 Å². The molecule has 2 rings (SSSR count). The number of pyridine rings is 2. The lowest BCUT2D eigenvalue weighted by molar-refractivity contribution is 1.11. The molecular formula is C20H18N4. The number of anilines is 2. The largest absolute Gasteiger partial charge is 0.377 e.